The highest BCUT2D eigenvalue weighted by molar-refractivity contribution is 5.82. The summed E-state index contributed by atoms with van der Waals surface area (Å²) in [7, 11) is 0. The van der Waals surface area contributed by atoms with Gasteiger partial charge in [0.1, 0.15) is 5.60 Å². The van der Waals surface area contributed by atoms with Crippen LogP contribution in [0.1, 0.15) is 31.9 Å². The second-order valence-electron chi connectivity index (χ2n) is 7.47. The molecule has 0 saturated heterocycles. The maximum Gasteiger partial charge on any atom is 0.407 e. The molecule has 0 saturated carbocycles. The number of nitrogens with one attached hydrogen (secondary N) is 2. The zero-order chi connectivity index (χ0) is 18.6. The predicted molar refractivity (Wildman–Crippen MR) is 103 cm³/mol. The molecule has 2 N–H and O–H groups in total. The van der Waals surface area contributed by atoms with E-state index in [9.17, 15) is 4.79 Å². The van der Waals surface area contributed by atoms with Crippen LogP contribution < -0.4 is 5.32 Å². The molecular weight excluding hydrogens is 326 g/mol. The number of aromatic amines is 1. The molecule has 0 radical (unpaired) electrons. The molecule has 0 aliphatic heterocycles. The third kappa shape index (κ3) is 4.85. The Morgan fingerprint density at radius 3 is 2.69 bits per heavy atom. The van der Waals surface area contributed by atoms with E-state index in [1.165, 1.54) is 5.56 Å². The number of fused-ring (bicyclic) bond motifs is 1. The SMILES string of the molecule is CC(C)(C)OC(=O)N[C@H](Cc1ccccc1)Cc1c[nH]c2cnccc12. The summed E-state index contributed by atoms with van der Waals surface area (Å²) in [5, 5.41) is 4.16. The van der Waals surface area contributed by atoms with Gasteiger partial charge < -0.3 is 15.0 Å². The molecule has 2 aromatic heterocycles. The number of alkyl carbamates (subject to hydrolysis) is 1. The van der Waals surface area contributed by atoms with E-state index in [1.54, 1.807) is 6.20 Å². The van der Waals surface area contributed by atoms with Crippen LogP contribution in [0.15, 0.2) is 55.0 Å². The average Bonchev–Trinajstić information content (AvgIpc) is 2.97. The van der Waals surface area contributed by atoms with Crippen molar-refractivity contribution >= 4 is 17.0 Å². The van der Waals surface area contributed by atoms with Crippen molar-refractivity contribution in [3.05, 3.63) is 66.1 Å². The molecule has 0 spiro atoms. The van der Waals surface area contributed by atoms with Crippen LogP contribution in [-0.4, -0.2) is 27.7 Å². The Kier molecular flexibility index (Phi) is 5.26. The minimum absolute atomic E-state index is 0.0700. The number of H-pyrrole nitrogens is 1. The summed E-state index contributed by atoms with van der Waals surface area (Å²) in [4.78, 5) is 19.7. The first kappa shape index (κ1) is 18.0. The number of pyridine rings is 1. The van der Waals surface area contributed by atoms with E-state index in [0.29, 0.717) is 6.42 Å². The van der Waals surface area contributed by atoms with Gasteiger partial charge >= 0.3 is 6.09 Å². The fraction of sp³-hybridized carbons (Fsp3) is 0.333. The Labute approximate surface area is 153 Å². The number of amides is 1. The number of carbonyl (C=O) groups excluding carboxylic acids is 1. The molecular formula is C21H25N3O2. The first-order valence-electron chi connectivity index (χ1n) is 8.84. The molecule has 2 heterocycles. The van der Waals surface area contributed by atoms with E-state index >= 15 is 0 Å². The molecule has 0 unspecified atom stereocenters. The van der Waals surface area contributed by atoms with E-state index in [2.05, 4.69) is 27.4 Å². The highest BCUT2D eigenvalue weighted by Gasteiger charge is 2.21. The van der Waals surface area contributed by atoms with Crippen LogP contribution >= 0.6 is 0 Å². The fourth-order valence-corrected chi connectivity index (χ4v) is 3.01. The molecule has 3 rings (SSSR count). The van der Waals surface area contributed by atoms with Gasteiger partial charge in [0.05, 0.1) is 11.7 Å². The number of aromatic nitrogens is 2. The van der Waals surface area contributed by atoms with Gasteiger partial charge in [0.2, 0.25) is 0 Å². The van der Waals surface area contributed by atoms with Crippen molar-refractivity contribution in [3.63, 3.8) is 0 Å². The van der Waals surface area contributed by atoms with Gasteiger partial charge in [0.15, 0.2) is 0 Å². The lowest BCUT2D eigenvalue weighted by Gasteiger charge is -2.24. The average molecular weight is 351 g/mol. The lowest BCUT2D eigenvalue weighted by atomic mass is 9.99. The summed E-state index contributed by atoms with van der Waals surface area (Å²) >= 11 is 0. The lowest BCUT2D eigenvalue weighted by molar-refractivity contribution is 0.0504. The van der Waals surface area contributed by atoms with Gasteiger partial charge in [0, 0.05) is 23.8 Å². The number of rotatable bonds is 5. The summed E-state index contributed by atoms with van der Waals surface area (Å²) in [6.45, 7) is 5.60. The second-order valence-corrected chi connectivity index (χ2v) is 7.47. The molecule has 0 aliphatic rings. The number of nitrogens with zero attached hydrogens (tertiary/aromatic N) is 1. The van der Waals surface area contributed by atoms with E-state index in [-0.39, 0.29) is 12.1 Å². The van der Waals surface area contributed by atoms with Crippen LogP contribution in [-0.2, 0) is 17.6 Å². The summed E-state index contributed by atoms with van der Waals surface area (Å²) in [5.74, 6) is 0. The lowest BCUT2D eigenvalue weighted by Crippen LogP contribution is -2.41. The number of ether oxygens (including phenoxy) is 1. The Hall–Kier alpha value is -2.82. The van der Waals surface area contributed by atoms with Crippen LogP contribution in [0, 0.1) is 0 Å². The Bertz CT molecular complexity index is 866. The van der Waals surface area contributed by atoms with Crippen molar-refractivity contribution in [3.8, 4) is 0 Å². The molecule has 5 heteroatoms. The van der Waals surface area contributed by atoms with Crippen molar-refractivity contribution in [2.24, 2.45) is 0 Å². The highest BCUT2D eigenvalue weighted by Crippen LogP contribution is 2.19. The molecule has 0 bridgehead atoms. The first-order valence-corrected chi connectivity index (χ1v) is 8.84. The molecule has 3 aromatic rings. The number of hydrogen-bond donors (Lipinski definition) is 2. The van der Waals surface area contributed by atoms with Crippen LogP contribution in [0.25, 0.3) is 10.9 Å². The van der Waals surface area contributed by atoms with Gasteiger partial charge in [-0.3, -0.25) is 4.98 Å². The Balaban J connectivity index is 1.79. The summed E-state index contributed by atoms with van der Waals surface area (Å²) < 4.78 is 5.44. The first-order chi connectivity index (χ1) is 12.4. The van der Waals surface area contributed by atoms with Gasteiger partial charge in [-0.05, 0) is 50.8 Å². The number of benzene rings is 1. The molecule has 1 atom stereocenters. The maximum absolute atomic E-state index is 12.3. The standard InChI is InChI=1S/C21H25N3O2/c1-21(2,3)26-20(25)24-17(11-15-7-5-4-6-8-15)12-16-13-23-19-14-22-10-9-18(16)19/h4-10,13-14,17,23H,11-12H2,1-3H3,(H,24,25)/t17-/m1/s1. The quantitative estimate of drug-likeness (QED) is 0.722. The monoisotopic (exact) mass is 351 g/mol. The zero-order valence-electron chi connectivity index (χ0n) is 15.5. The molecule has 0 fully saturated rings. The Morgan fingerprint density at radius 2 is 1.96 bits per heavy atom. The van der Waals surface area contributed by atoms with Crippen molar-refractivity contribution < 1.29 is 9.53 Å². The van der Waals surface area contributed by atoms with Crippen molar-refractivity contribution in [2.45, 2.75) is 45.3 Å². The topological polar surface area (TPSA) is 67.0 Å². The third-order valence-corrected chi connectivity index (χ3v) is 4.08. The normalized spacial score (nSPS) is 12.7. The zero-order valence-corrected chi connectivity index (χ0v) is 15.5. The maximum atomic E-state index is 12.3. The molecule has 5 nitrogen and oxygen atoms in total. The largest absolute Gasteiger partial charge is 0.444 e. The highest BCUT2D eigenvalue weighted by atomic mass is 16.6. The van der Waals surface area contributed by atoms with Gasteiger partial charge in [0.25, 0.3) is 0 Å². The molecule has 1 amide bonds. The summed E-state index contributed by atoms with van der Waals surface area (Å²) in [6.07, 6.45) is 6.64. The minimum Gasteiger partial charge on any atom is -0.444 e. The van der Waals surface area contributed by atoms with E-state index in [4.69, 9.17) is 4.74 Å². The smallest absolute Gasteiger partial charge is 0.407 e. The summed E-state index contributed by atoms with van der Waals surface area (Å²) in [5.41, 5.74) is 2.81. The van der Waals surface area contributed by atoms with Gasteiger partial charge in [-0.15, -0.1) is 0 Å². The van der Waals surface area contributed by atoms with Crippen molar-refractivity contribution in [1.29, 1.82) is 0 Å². The van der Waals surface area contributed by atoms with Crippen LogP contribution in [0.2, 0.25) is 0 Å². The third-order valence-electron chi connectivity index (χ3n) is 4.08. The van der Waals surface area contributed by atoms with Crippen molar-refractivity contribution in [1.82, 2.24) is 15.3 Å². The number of carbonyl (C=O) groups is 1. The van der Waals surface area contributed by atoms with Crippen LogP contribution in [0.3, 0.4) is 0 Å². The van der Waals surface area contributed by atoms with Gasteiger partial charge in [-0.2, -0.15) is 0 Å². The summed E-state index contributed by atoms with van der Waals surface area (Å²) in [6, 6.07) is 12.1. The van der Waals surface area contributed by atoms with E-state index < -0.39 is 5.60 Å². The van der Waals surface area contributed by atoms with Gasteiger partial charge in [-0.25, -0.2) is 4.79 Å². The fourth-order valence-electron chi connectivity index (χ4n) is 3.01. The van der Waals surface area contributed by atoms with E-state index in [0.717, 1.165) is 22.9 Å². The Morgan fingerprint density at radius 1 is 1.19 bits per heavy atom. The predicted octanol–water partition coefficient (Wildman–Crippen LogP) is 4.24. The molecule has 136 valence electrons. The van der Waals surface area contributed by atoms with Crippen LogP contribution in [0.4, 0.5) is 4.79 Å². The number of hydrogen-bond acceptors (Lipinski definition) is 3. The van der Waals surface area contributed by atoms with Gasteiger partial charge in [-0.1, -0.05) is 30.3 Å². The second kappa shape index (κ2) is 7.60. The minimum atomic E-state index is -0.520. The van der Waals surface area contributed by atoms with Crippen LogP contribution in [0.5, 0.6) is 0 Å². The van der Waals surface area contributed by atoms with Crippen molar-refractivity contribution in [2.75, 3.05) is 0 Å². The van der Waals surface area contributed by atoms with E-state index in [1.807, 2.05) is 57.4 Å². The molecule has 0 aliphatic carbocycles. The molecule has 1 aromatic carbocycles. The molecule has 26 heavy (non-hydrogen) atoms.